The standard InChI is InChI=1S/C17H27NO/c1-3-9-14-10-7-8-13-18(14)16-12-6-5-11-15(16)17(19)4-2/h5-6,11-12,14,17,19H,3-4,7-10,13H2,1-2H3. The smallest absolute Gasteiger partial charge is 0.0807 e. The van der Waals surface area contributed by atoms with Crippen LogP contribution in [0, 0.1) is 0 Å². The van der Waals surface area contributed by atoms with Gasteiger partial charge in [0.2, 0.25) is 0 Å². The highest BCUT2D eigenvalue weighted by Gasteiger charge is 2.24. The van der Waals surface area contributed by atoms with Crippen molar-refractivity contribution in [3.05, 3.63) is 29.8 Å². The van der Waals surface area contributed by atoms with Crippen LogP contribution in [0.3, 0.4) is 0 Å². The van der Waals surface area contributed by atoms with Gasteiger partial charge >= 0.3 is 0 Å². The van der Waals surface area contributed by atoms with Gasteiger partial charge in [0, 0.05) is 23.8 Å². The maximum absolute atomic E-state index is 10.2. The van der Waals surface area contributed by atoms with Gasteiger partial charge in [-0.1, -0.05) is 38.5 Å². The molecule has 0 bridgehead atoms. The molecule has 1 aliphatic heterocycles. The zero-order valence-corrected chi connectivity index (χ0v) is 12.3. The Morgan fingerprint density at radius 2 is 2.05 bits per heavy atom. The van der Waals surface area contributed by atoms with E-state index in [-0.39, 0.29) is 6.10 Å². The molecule has 2 heteroatoms. The summed E-state index contributed by atoms with van der Waals surface area (Å²) >= 11 is 0. The number of rotatable bonds is 5. The third-order valence-corrected chi connectivity index (χ3v) is 4.24. The minimum Gasteiger partial charge on any atom is -0.388 e. The first-order chi connectivity index (χ1) is 9.27. The fourth-order valence-electron chi connectivity index (χ4n) is 3.20. The van der Waals surface area contributed by atoms with Crippen LogP contribution in [0.1, 0.15) is 64.0 Å². The van der Waals surface area contributed by atoms with Crippen molar-refractivity contribution in [3.8, 4) is 0 Å². The largest absolute Gasteiger partial charge is 0.388 e. The lowest BCUT2D eigenvalue weighted by atomic mass is 9.95. The summed E-state index contributed by atoms with van der Waals surface area (Å²) in [7, 11) is 0. The highest BCUT2D eigenvalue weighted by molar-refractivity contribution is 5.55. The quantitative estimate of drug-likeness (QED) is 0.854. The van der Waals surface area contributed by atoms with E-state index in [1.807, 2.05) is 13.0 Å². The van der Waals surface area contributed by atoms with Gasteiger partial charge < -0.3 is 10.0 Å². The zero-order valence-electron chi connectivity index (χ0n) is 12.3. The normalized spacial score (nSPS) is 21.4. The second-order valence-electron chi connectivity index (χ2n) is 5.61. The molecule has 1 heterocycles. The van der Waals surface area contributed by atoms with E-state index < -0.39 is 0 Å². The predicted molar refractivity (Wildman–Crippen MR) is 81.6 cm³/mol. The molecule has 1 saturated heterocycles. The van der Waals surface area contributed by atoms with E-state index in [0.717, 1.165) is 18.5 Å². The van der Waals surface area contributed by atoms with Gasteiger partial charge in [-0.05, 0) is 38.2 Å². The molecule has 2 rings (SSSR count). The molecule has 2 nitrogen and oxygen atoms in total. The molecule has 1 fully saturated rings. The van der Waals surface area contributed by atoms with Gasteiger partial charge in [-0.25, -0.2) is 0 Å². The van der Waals surface area contributed by atoms with E-state index in [1.54, 1.807) is 0 Å². The van der Waals surface area contributed by atoms with E-state index in [0.29, 0.717) is 6.04 Å². The Labute approximate surface area is 117 Å². The van der Waals surface area contributed by atoms with Crippen LogP contribution in [0.5, 0.6) is 0 Å². The van der Waals surface area contributed by atoms with Crippen molar-refractivity contribution in [1.82, 2.24) is 0 Å². The van der Waals surface area contributed by atoms with Gasteiger partial charge in [0.25, 0.3) is 0 Å². The fourth-order valence-corrected chi connectivity index (χ4v) is 3.20. The summed E-state index contributed by atoms with van der Waals surface area (Å²) in [4.78, 5) is 2.54. The van der Waals surface area contributed by atoms with Crippen molar-refractivity contribution >= 4 is 5.69 Å². The first-order valence-corrected chi connectivity index (χ1v) is 7.81. The molecule has 0 radical (unpaired) electrons. The lowest BCUT2D eigenvalue weighted by molar-refractivity contribution is 0.173. The first-order valence-electron chi connectivity index (χ1n) is 7.81. The van der Waals surface area contributed by atoms with Crippen molar-refractivity contribution < 1.29 is 5.11 Å². The second kappa shape index (κ2) is 6.95. The molecule has 0 saturated carbocycles. The number of benzene rings is 1. The predicted octanol–water partition coefficient (Wildman–Crippen LogP) is 4.29. The Morgan fingerprint density at radius 3 is 2.79 bits per heavy atom. The van der Waals surface area contributed by atoms with Crippen molar-refractivity contribution in [2.24, 2.45) is 0 Å². The third kappa shape index (κ3) is 3.30. The Hall–Kier alpha value is -1.02. The van der Waals surface area contributed by atoms with Crippen molar-refractivity contribution in [3.63, 3.8) is 0 Å². The lowest BCUT2D eigenvalue weighted by Crippen LogP contribution is -2.40. The molecule has 2 atom stereocenters. The van der Waals surface area contributed by atoms with Gasteiger partial charge in [-0.3, -0.25) is 0 Å². The van der Waals surface area contributed by atoms with Crippen LogP contribution < -0.4 is 4.90 Å². The summed E-state index contributed by atoms with van der Waals surface area (Å²) in [5.74, 6) is 0. The number of hydrogen-bond donors (Lipinski definition) is 1. The van der Waals surface area contributed by atoms with Crippen LogP contribution in [0.15, 0.2) is 24.3 Å². The van der Waals surface area contributed by atoms with Crippen LogP contribution in [0.4, 0.5) is 5.69 Å². The van der Waals surface area contributed by atoms with Crippen LogP contribution in [-0.2, 0) is 0 Å². The van der Waals surface area contributed by atoms with Gasteiger partial charge in [0.1, 0.15) is 0 Å². The van der Waals surface area contributed by atoms with E-state index in [1.165, 1.54) is 37.8 Å². The van der Waals surface area contributed by atoms with E-state index >= 15 is 0 Å². The summed E-state index contributed by atoms with van der Waals surface area (Å²) in [6, 6.07) is 9.06. The molecule has 1 aliphatic rings. The fraction of sp³-hybridized carbons (Fsp3) is 0.647. The Balaban J connectivity index is 2.28. The molecular formula is C17H27NO. The average molecular weight is 261 g/mol. The van der Waals surface area contributed by atoms with Crippen molar-refractivity contribution in [2.75, 3.05) is 11.4 Å². The summed E-state index contributed by atoms with van der Waals surface area (Å²) < 4.78 is 0. The minimum atomic E-state index is -0.333. The summed E-state index contributed by atoms with van der Waals surface area (Å²) in [6.07, 6.45) is 6.86. The molecule has 19 heavy (non-hydrogen) atoms. The molecule has 1 aromatic rings. The minimum absolute atomic E-state index is 0.333. The number of hydrogen-bond acceptors (Lipinski definition) is 2. The summed E-state index contributed by atoms with van der Waals surface area (Å²) in [6.45, 7) is 5.44. The Morgan fingerprint density at radius 1 is 1.26 bits per heavy atom. The average Bonchev–Trinajstić information content (AvgIpc) is 2.47. The maximum atomic E-state index is 10.2. The SMILES string of the molecule is CCCC1CCCCN1c1ccccc1C(O)CC. The number of aliphatic hydroxyl groups excluding tert-OH is 1. The monoisotopic (exact) mass is 261 g/mol. The molecule has 0 spiro atoms. The topological polar surface area (TPSA) is 23.5 Å². The van der Waals surface area contributed by atoms with E-state index in [2.05, 4.69) is 30.0 Å². The van der Waals surface area contributed by atoms with Gasteiger partial charge in [-0.2, -0.15) is 0 Å². The summed E-state index contributed by atoms with van der Waals surface area (Å²) in [5.41, 5.74) is 2.36. The molecular weight excluding hydrogens is 234 g/mol. The zero-order chi connectivity index (χ0) is 13.7. The molecule has 1 N–H and O–H groups in total. The third-order valence-electron chi connectivity index (χ3n) is 4.24. The van der Waals surface area contributed by atoms with Gasteiger partial charge in [0.15, 0.2) is 0 Å². The van der Waals surface area contributed by atoms with Crippen LogP contribution >= 0.6 is 0 Å². The number of piperidine rings is 1. The molecule has 0 aliphatic carbocycles. The van der Waals surface area contributed by atoms with Crippen LogP contribution in [0.2, 0.25) is 0 Å². The van der Waals surface area contributed by atoms with Crippen LogP contribution in [-0.4, -0.2) is 17.7 Å². The molecule has 1 aromatic carbocycles. The molecule has 0 aromatic heterocycles. The number of aliphatic hydroxyl groups is 1. The summed E-state index contributed by atoms with van der Waals surface area (Å²) in [5, 5.41) is 10.2. The van der Waals surface area contributed by atoms with Gasteiger partial charge in [-0.15, -0.1) is 0 Å². The van der Waals surface area contributed by atoms with Crippen LogP contribution in [0.25, 0.3) is 0 Å². The second-order valence-corrected chi connectivity index (χ2v) is 5.61. The lowest BCUT2D eigenvalue weighted by Gasteiger charge is -2.39. The van der Waals surface area contributed by atoms with E-state index in [4.69, 9.17) is 0 Å². The molecule has 2 unspecified atom stereocenters. The van der Waals surface area contributed by atoms with Crippen molar-refractivity contribution in [2.45, 2.75) is 64.5 Å². The number of anilines is 1. The highest BCUT2D eigenvalue weighted by Crippen LogP contribution is 2.33. The molecule has 0 amide bonds. The Bertz CT molecular complexity index is 389. The van der Waals surface area contributed by atoms with Gasteiger partial charge in [0.05, 0.1) is 6.10 Å². The Kier molecular flexibility index (Phi) is 5.26. The first kappa shape index (κ1) is 14.4. The molecule has 106 valence electrons. The number of para-hydroxylation sites is 1. The van der Waals surface area contributed by atoms with E-state index in [9.17, 15) is 5.11 Å². The number of nitrogens with zero attached hydrogens (tertiary/aromatic N) is 1. The maximum Gasteiger partial charge on any atom is 0.0807 e. The van der Waals surface area contributed by atoms with Crippen molar-refractivity contribution in [1.29, 1.82) is 0 Å². The highest BCUT2D eigenvalue weighted by atomic mass is 16.3.